The average Bonchev–Trinajstić information content (AvgIpc) is 2.64. The first kappa shape index (κ1) is 24.5. The molecule has 0 bridgehead atoms. The minimum absolute atomic E-state index is 0.00457. The van der Waals surface area contributed by atoms with E-state index in [1.54, 1.807) is 19.1 Å². The molecule has 1 N–H and O–H groups in total. The van der Waals surface area contributed by atoms with Gasteiger partial charge in [0.05, 0.1) is 6.61 Å². The molecule has 0 spiro atoms. The van der Waals surface area contributed by atoms with Crippen LogP contribution in [0.15, 0.2) is 24.3 Å². The summed E-state index contributed by atoms with van der Waals surface area (Å²) in [6.45, 7) is 6.17. The van der Waals surface area contributed by atoms with Crippen molar-refractivity contribution in [2.24, 2.45) is 5.92 Å². The topological polar surface area (TPSA) is 74.2 Å². The number of allylic oxidation sites excluding steroid dienone is 2. The summed E-state index contributed by atoms with van der Waals surface area (Å²) >= 11 is 0. The minimum atomic E-state index is -4.41. The van der Waals surface area contributed by atoms with Crippen molar-refractivity contribution in [1.82, 2.24) is 0 Å². The summed E-state index contributed by atoms with van der Waals surface area (Å²) in [5, 5.41) is 0. The zero-order valence-electron chi connectivity index (χ0n) is 17.1. The van der Waals surface area contributed by atoms with E-state index in [4.69, 9.17) is 9.78 Å². The van der Waals surface area contributed by atoms with Crippen molar-refractivity contribution >= 4 is 7.82 Å². The molecule has 158 valence electrons. The third kappa shape index (κ3) is 11.2. The standard InChI is InChI=1S/C20H37O6P/c1-4-5-6-7-8-9-10-11-12-15-18-23-25-27(21,22)26-24-20(3)17-14-13-16-19(20)2/h13-14,16-17,19H,4-12,15,18H2,1-3H3,(H,21,22). The predicted octanol–water partition coefficient (Wildman–Crippen LogP) is 6.42. The van der Waals surface area contributed by atoms with Crippen LogP contribution in [0.5, 0.6) is 0 Å². The van der Waals surface area contributed by atoms with Gasteiger partial charge in [-0.05, 0) is 19.4 Å². The molecule has 3 unspecified atom stereocenters. The van der Waals surface area contributed by atoms with Crippen LogP contribution in [-0.2, 0) is 23.7 Å². The SMILES string of the molecule is CCCCCCCCCCCCOOP(=O)(O)OOC1(C)C=CC=CC1C. The summed E-state index contributed by atoms with van der Waals surface area (Å²) in [4.78, 5) is 19.6. The van der Waals surface area contributed by atoms with Crippen LogP contribution < -0.4 is 0 Å². The Bertz CT molecular complexity index is 493. The first-order chi connectivity index (χ1) is 12.9. The molecule has 1 aliphatic carbocycles. The Morgan fingerprint density at radius 3 is 2.15 bits per heavy atom. The molecule has 6 nitrogen and oxygen atoms in total. The minimum Gasteiger partial charge on any atom is -0.299 e. The van der Waals surface area contributed by atoms with Gasteiger partial charge in [-0.2, -0.15) is 0 Å². The molecule has 0 aromatic carbocycles. The largest absolute Gasteiger partial charge is 0.526 e. The van der Waals surface area contributed by atoms with Crippen molar-refractivity contribution < 1.29 is 28.6 Å². The summed E-state index contributed by atoms with van der Waals surface area (Å²) in [5.74, 6) is -0.00457. The highest BCUT2D eigenvalue weighted by Gasteiger charge is 2.35. The average molecular weight is 404 g/mol. The Morgan fingerprint density at radius 2 is 1.56 bits per heavy atom. The fraction of sp³-hybridized carbons (Fsp3) is 0.800. The molecule has 0 heterocycles. The van der Waals surface area contributed by atoms with Gasteiger partial charge in [0.2, 0.25) is 0 Å². The summed E-state index contributed by atoms with van der Waals surface area (Å²) in [6.07, 6.45) is 19.4. The van der Waals surface area contributed by atoms with Crippen molar-refractivity contribution in [3.05, 3.63) is 24.3 Å². The second-order valence-corrected chi connectivity index (χ2v) is 8.66. The molecule has 27 heavy (non-hydrogen) atoms. The van der Waals surface area contributed by atoms with Crippen LogP contribution in [0.2, 0.25) is 0 Å². The molecule has 0 radical (unpaired) electrons. The molecule has 0 aromatic rings. The van der Waals surface area contributed by atoms with Crippen LogP contribution in [0, 0.1) is 5.92 Å². The van der Waals surface area contributed by atoms with E-state index in [0.29, 0.717) is 0 Å². The summed E-state index contributed by atoms with van der Waals surface area (Å²) in [7, 11) is -4.41. The second-order valence-electron chi connectivity index (χ2n) is 7.42. The third-order valence-electron chi connectivity index (χ3n) is 4.88. The van der Waals surface area contributed by atoms with Crippen LogP contribution in [0.4, 0.5) is 0 Å². The maximum Gasteiger partial charge on any atom is 0.526 e. The van der Waals surface area contributed by atoms with Crippen molar-refractivity contribution in [3.63, 3.8) is 0 Å². The van der Waals surface area contributed by atoms with Gasteiger partial charge in [0, 0.05) is 5.92 Å². The predicted molar refractivity (Wildman–Crippen MR) is 107 cm³/mol. The van der Waals surface area contributed by atoms with Crippen molar-refractivity contribution in [1.29, 1.82) is 0 Å². The monoisotopic (exact) mass is 404 g/mol. The first-order valence-electron chi connectivity index (χ1n) is 10.3. The molecule has 0 fully saturated rings. The normalized spacial score (nSPS) is 24.2. The van der Waals surface area contributed by atoms with Crippen LogP contribution in [-0.4, -0.2) is 17.1 Å². The van der Waals surface area contributed by atoms with Gasteiger partial charge in [-0.1, -0.05) is 89.9 Å². The lowest BCUT2D eigenvalue weighted by atomic mass is 9.87. The highest BCUT2D eigenvalue weighted by atomic mass is 31.2. The zero-order valence-corrected chi connectivity index (χ0v) is 18.0. The van der Waals surface area contributed by atoms with Gasteiger partial charge in [0.1, 0.15) is 5.60 Å². The van der Waals surface area contributed by atoms with Crippen LogP contribution >= 0.6 is 7.82 Å². The van der Waals surface area contributed by atoms with Crippen LogP contribution in [0.25, 0.3) is 0 Å². The van der Waals surface area contributed by atoms with Gasteiger partial charge in [-0.3, -0.25) is 4.89 Å². The number of hydrogen-bond acceptors (Lipinski definition) is 5. The Morgan fingerprint density at radius 1 is 0.963 bits per heavy atom. The third-order valence-corrected chi connectivity index (χ3v) is 5.44. The van der Waals surface area contributed by atoms with E-state index in [2.05, 4.69) is 16.3 Å². The van der Waals surface area contributed by atoms with E-state index in [1.807, 2.05) is 19.1 Å². The van der Waals surface area contributed by atoms with Crippen LogP contribution in [0.3, 0.4) is 0 Å². The van der Waals surface area contributed by atoms with E-state index in [-0.39, 0.29) is 12.5 Å². The number of rotatable bonds is 16. The lowest BCUT2D eigenvalue weighted by Crippen LogP contribution is -2.34. The molecule has 0 saturated heterocycles. The molecule has 0 aromatic heterocycles. The zero-order chi connectivity index (χ0) is 20.0. The second kappa shape index (κ2) is 13.6. The Kier molecular flexibility index (Phi) is 12.4. The maximum atomic E-state index is 11.8. The molecule has 3 atom stereocenters. The maximum absolute atomic E-state index is 11.8. The van der Waals surface area contributed by atoms with E-state index < -0.39 is 13.4 Å². The molecule has 1 rings (SSSR count). The summed E-state index contributed by atoms with van der Waals surface area (Å²) in [6, 6.07) is 0. The molecule has 0 saturated carbocycles. The first-order valence-corrected chi connectivity index (χ1v) is 11.8. The highest BCUT2D eigenvalue weighted by Crippen LogP contribution is 2.46. The fourth-order valence-electron chi connectivity index (χ4n) is 2.82. The highest BCUT2D eigenvalue weighted by molar-refractivity contribution is 7.47. The van der Waals surface area contributed by atoms with Crippen LogP contribution in [0.1, 0.15) is 85.0 Å². The quantitative estimate of drug-likeness (QED) is 0.138. The number of hydrogen-bond donors (Lipinski definition) is 1. The van der Waals surface area contributed by atoms with E-state index in [1.165, 1.54) is 44.9 Å². The fourth-order valence-corrected chi connectivity index (χ4v) is 3.30. The van der Waals surface area contributed by atoms with Crippen molar-refractivity contribution in [2.45, 2.75) is 90.6 Å². The summed E-state index contributed by atoms with van der Waals surface area (Å²) < 4.78 is 20.9. The molecular weight excluding hydrogens is 367 g/mol. The van der Waals surface area contributed by atoms with Gasteiger partial charge >= 0.3 is 7.82 Å². The lowest BCUT2D eigenvalue weighted by molar-refractivity contribution is -0.318. The summed E-state index contributed by atoms with van der Waals surface area (Å²) in [5.41, 5.74) is -0.826. The smallest absolute Gasteiger partial charge is 0.299 e. The molecular formula is C20H37O6P. The van der Waals surface area contributed by atoms with Gasteiger partial charge in [0.15, 0.2) is 0 Å². The van der Waals surface area contributed by atoms with Crippen molar-refractivity contribution in [3.8, 4) is 0 Å². The van der Waals surface area contributed by atoms with Gasteiger partial charge in [0.25, 0.3) is 0 Å². The van der Waals surface area contributed by atoms with Gasteiger partial charge in [-0.25, -0.2) is 14.3 Å². The molecule has 0 aliphatic heterocycles. The lowest BCUT2D eigenvalue weighted by Gasteiger charge is -2.31. The Balaban J connectivity index is 2.01. The van der Waals surface area contributed by atoms with E-state index >= 15 is 0 Å². The number of unbranched alkanes of at least 4 members (excludes halogenated alkanes) is 9. The van der Waals surface area contributed by atoms with Gasteiger partial charge < -0.3 is 0 Å². The Labute approximate surface area is 164 Å². The van der Waals surface area contributed by atoms with Gasteiger partial charge in [-0.15, -0.1) is 9.35 Å². The van der Waals surface area contributed by atoms with E-state index in [9.17, 15) is 9.46 Å². The molecule has 1 aliphatic rings. The van der Waals surface area contributed by atoms with Crippen molar-refractivity contribution in [2.75, 3.05) is 6.61 Å². The Hall–Kier alpha value is -0.490. The number of phosphoric acid groups is 1. The molecule has 7 heteroatoms. The van der Waals surface area contributed by atoms with E-state index in [0.717, 1.165) is 19.3 Å². The molecule has 0 amide bonds.